The van der Waals surface area contributed by atoms with Crippen molar-refractivity contribution in [3.63, 3.8) is 0 Å². The second-order valence-corrected chi connectivity index (χ2v) is 8.58. The molecule has 2 heterocycles. The number of halogens is 1. The van der Waals surface area contributed by atoms with Crippen molar-refractivity contribution < 1.29 is 17.6 Å². The van der Waals surface area contributed by atoms with Crippen LogP contribution in [-0.2, 0) is 27.8 Å². The van der Waals surface area contributed by atoms with Crippen LogP contribution in [0.5, 0.6) is 0 Å². The van der Waals surface area contributed by atoms with E-state index in [1.807, 2.05) is 26.0 Å². The van der Waals surface area contributed by atoms with Crippen LogP contribution < -0.4 is 10.0 Å². The highest BCUT2D eigenvalue weighted by molar-refractivity contribution is 7.89. The van der Waals surface area contributed by atoms with Gasteiger partial charge in [0.1, 0.15) is 10.7 Å². The maximum atomic E-state index is 14.2. The molecule has 4 rings (SSSR count). The number of hydrogen-bond acceptors (Lipinski definition) is 4. The van der Waals surface area contributed by atoms with E-state index in [1.54, 1.807) is 11.1 Å². The maximum absolute atomic E-state index is 14.2. The van der Waals surface area contributed by atoms with Gasteiger partial charge in [-0.25, -0.2) is 17.9 Å². The van der Waals surface area contributed by atoms with E-state index in [0.717, 1.165) is 45.4 Å². The van der Waals surface area contributed by atoms with E-state index < -0.39 is 20.7 Å². The Morgan fingerprint density at radius 3 is 2.57 bits per heavy atom. The lowest BCUT2D eigenvalue weighted by Gasteiger charge is -2.20. The SMILES string of the molecule is Cc1cc2ncc3c(c2cc1C)N(Cc1ccc(S(N)(=O)=O)c(F)c1)C(=O)C3. The molecule has 1 aromatic heterocycles. The summed E-state index contributed by atoms with van der Waals surface area (Å²) >= 11 is 0. The van der Waals surface area contributed by atoms with Crippen LogP contribution in [0.1, 0.15) is 22.3 Å². The molecule has 1 amide bonds. The molecule has 6 nitrogen and oxygen atoms in total. The number of carbonyl (C=O) groups is 1. The molecule has 28 heavy (non-hydrogen) atoms. The standard InChI is InChI=1S/C20H18FN3O3S/c1-11-5-15-17(6-12(11)2)23-9-14-8-19(25)24(20(14)15)10-13-3-4-18(16(21)7-13)28(22,26)27/h3-7,9H,8,10H2,1-2H3,(H2,22,26,27). The summed E-state index contributed by atoms with van der Waals surface area (Å²) in [4.78, 5) is 18.1. The van der Waals surface area contributed by atoms with Crippen molar-refractivity contribution in [1.29, 1.82) is 0 Å². The summed E-state index contributed by atoms with van der Waals surface area (Å²) in [7, 11) is -4.14. The number of aryl methyl sites for hydroxylation is 2. The first kappa shape index (κ1) is 18.5. The number of sulfonamides is 1. The van der Waals surface area contributed by atoms with Gasteiger partial charge >= 0.3 is 0 Å². The summed E-state index contributed by atoms with van der Waals surface area (Å²) in [5.74, 6) is -1.05. The summed E-state index contributed by atoms with van der Waals surface area (Å²) in [5.41, 5.74) is 5.05. The van der Waals surface area contributed by atoms with Gasteiger partial charge in [0, 0.05) is 17.1 Å². The number of pyridine rings is 1. The molecule has 3 aromatic rings. The van der Waals surface area contributed by atoms with Crippen molar-refractivity contribution >= 4 is 32.5 Å². The van der Waals surface area contributed by atoms with Gasteiger partial charge in [-0.1, -0.05) is 6.07 Å². The molecule has 2 aromatic carbocycles. The monoisotopic (exact) mass is 399 g/mol. The number of benzene rings is 2. The Morgan fingerprint density at radius 1 is 1.18 bits per heavy atom. The highest BCUT2D eigenvalue weighted by Gasteiger charge is 2.30. The van der Waals surface area contributed by atoms with E-state index in [4.69, 9.17) is 5.14 Å². The van der Waals surface area contributed by atoms with Crippen LogP contribution in [0.3, 0.4) is 0 Å². The lowest BCUT2D eigenvalue weighted by molar-refractivity contribution is -0.117. The number of anilines is 1. The minimum absolute atomic E-state index is 0.113. The average molecular weight is 399 g/mol. The van der Waals surface area contributed by atoms with Crippen molar-refractivity contribution in [1.82, 2.24) is 4.98 Å². The molecule has 1 aliphatic rings. The smallest absolute Gasteiger partial charge is 0.240 e. The van der Waals surface area contributed by atoms with Crippen molar-refractivity contribution in [2.75, 3.05) is 4.90 Å². The third kappa shape index (κ3) is 3.04. The lowest BCUT2D eigenvalue weighted by Crippen LogP contribution is -2.26. The number of aromatic nitrogens is 1. The van der Waals surface area contributed by atoms with Crippen LogP contribution in [0.2, 0.25) is 0 Å². The summed E-state index contributed by atoms with van der Waals surface area (Å²) in [6, 6.07) is 7.68. The van der Waals surface area contributed by atoms with Crippen LogP contribution in [0.15, 0.2) is 41.4 Å². The van der Waals surface area contributed by atoms with E-state index in [0.29, 0.717) is 5.56 Å². The summed E-state index contributed by atoms with van der Waals surface area (Å²) in [5, 5.41) is 5.87. The quantitative estimate of drug-likeness (QED) is 0.733. The largest absolute Gasteiger partial charge is 0.307 e. The Kier molecular flexibility index (Phi) is 4.20. The zero-order valence-electron chi connectivity index (χ0n) is 15.4. The topological polar surface area (TPSA) is 93.4 Å². The van der Waals surface area contributed by atoms with Crippen molar-refractivity contribution in [2.24, 2.45) is 5.14 Å². The molecule has 144 valence electrons. The molecule has 2 N–H and O–H groups in total. The molecule has 0 spiro atoms. The van der Waals surface area contributed by atoms with Gasteiger partial charge in [0.15, 0.2) is 0 Å². The van der Waals surface area contributed by atoms with Crippen LogP contribution in [0, 0.1) is 19.7 Å². The molecule has 8 heteroatoms. The Balaban J connectivity index is 1.79. The third-order valence-electron chi connectivity index (χ3n) is 5.09. The molecule has 0 bridgehead atoms. The fraction of sp³-hybridized carbons (Fsp3) is 0.200. The average Bonchev–Trinajstić information content (AvgIpc) is 2.91. The number of carbonyl (C=O) groups excluding carboxylic acids is 1. The van der Waals surface area contributed by atoms with Crippen LogP contribution in [0.4, 0.5) is 10.1 Å². The van der Waals surface area contributed by atoms with Crippen molar-refractivity contribution in [2.45, 2.75) is 31.7 Å². The number of fused-ring (bicyclic) bond motifs is 3. The zero-order chi connectivity index (χ0) is 20.2. The molecule has 1 aliphatic heterocycles. The molecule has 0 aliphatic carbocycles. The van der Waals surface area contributed by atoms with Crippen molar-refractivity contribution in [3.05, 3.63) is 64.6 Å². The number of rotatable bonds is 3. The summed E-state index contributed by atoms with van der Waals surface area (Å²) in [6.45, 7) is 4.12. The number of nitrogens with two attached hydrogens (primary N) is 1. The Morgan fingerprint density at radius 2 is 1.89 bits per heavy atom. The number of primary sulfonamides is 1. The van der Waals surface area contributed by atoms with E-state index >= 15 is 0 Å². The molecule has 0 saturated carbocycles. The molecule has 0 unspecified atom stereocenters. The second kappa shape index (κ2) is 6.35. The van der Waals surface area contributed by atoms with E-state index in [9.17, 15) is 17.6 Å². The van der Waals surface area contributed by atoms with Crippen LogP contribution in [-0.4, -0.2) is 19.3 Å². The predicted octanol–water partition coefficient (Wildman–Crippen LogP) is 2.73. The van der Waals surface area contributed by atoms with Gasteiger partial charge in [-0.05, 0) is 54.8 Å². The van der Waals surface area contributed by atoms with Gasteiger partial charge in [-0.15, -0.1) is 0 Å². The van der Waals surface area contributed by atoms with Gasteiger partial charge in [0.25, 0.3) is 0 Å². The zero-order valence-corrected chi connectivity index (χ0v) is 16.2. The molecular formula is C20H18FN3O3S. The molecular weight excluding hydrogens is 381 g/mol. The fourth-order valence-corrected chi connectivity index (χ4v) is 4.12. The van der Waals surface area contributed by atoms with Gasteiger partial charge in [-0.2, -0.15) is 0 Å². The first-order valence-electron chi connectivity index (χ1n) is 8.65. The summed E-state index contributed by atoms with van der Waals surface area (Å²) < 4.78 is 37.0. The Labute approximate surface area is 161 Å². The van der Waals surface area contributed by atoms with E-state index in [1.165, 1.54) is 6.07 Å². The van der Waals surface area contributed by atoms with E-state index in [2.05, 4.69) is 4.98 Å². The fourth-order valence-electron chi connectivity index (χ4n) is 3.53. The van der Waals surface area contributed by atoms with Gasteiger partial charge in [0.2, 0.25) is 15.9 Å². The minimum Gasteiger partial charge on any atom is -0.307 e. The van der Waals surface area contributed by atoms with E-state index in [-0.39, 0.29) is 18.9 Å². The number of hydrogen-bond donors (Lipinski definition) is 1. The lowest BCUT2D eigenvalue weighted by atomic mass is 10.0. The third-order valence-corrected chi connectivity index (χ3v) is 6.03. The molecule has 0 fully saturated rings. The van der Waals surface area contributed by atoms with Crippen LogP contribution >= 0.6 is 0 Å². The predicted molar refractivity (Wildman–Crippen MR) is 104 cm³/mol. The maximum Gasteiger partial charge on any atom is 0.240 e. The Hall–Kier alpha value is -2.84. The van der Waals surface area contributed by atoms with Crippen LogP contribution in [0.25, 0.3) is 10.9 Å². The molecule has 0 saturated heterocycles. The number of amides is 1. The highest BCUT2D eigenvalue weighted by Crippen LogP contribution is 2.37. The van der Waals surface area contributed by atoms with Gasteiger partial charge in [-0.3, -0.25) is 9.78 Å². The van der Waals surface area contributed by atoms with Gasteiger partial charge in [0.05, 0.1) is 24.2 Å². The normalized spacial score (nSPS) is 14.0. The van der Waals surface area contributed by atoms with Gasteiger partial charge < -0.3 is 4.90 Å². The molecule has 0 radical (unpaired) electrons. The first-order chi connectivity index (χ1) is 13.1. The minimum atomic E-state index is -4.14. The summed E-state index contributed by atoms with van der Waals surface area (Å²) in [6.07, 6.45) is 1.93. The Bertz CT molecular complexity index is 1260. The highest BCUT2D eigenvalue weighted by atomic mass is 32.2. The molecule has 0 atom stereocenters. The number of nitrogens with zero attached hydrogens (tertiary/aromatic N) is 2. The second-order valence-electron chi connectivity index (χ2n) is 7.05. The first-order valence-corrected chi connectivity index (χ1v) is 10.2. The van der Waals surface area contributed by atoms with Crippen molar-refractivity contribution in [3.8, 4) is 0 Å².